The predicted octanol–water partition coefficient (Wildman–Crippen LogP) is 14.2. The summed E-state index contributed by atoms with van der Waals surface area (Å²) in [6.45, 7) is 5.53. The minimum atomic E-state index is -4.27. The number of benzene rings is 12. The normalized spacial score (nSPS) is 11.3. The summed E-state index contributed by atoms with van der Waals surface area (Å²) in [5, 5.41) is 24.0. The van der Waals surface area contributed by atoms with Gasteiger partial charge in [0.15, 0.2) is 23.9 Å². The molecule has 41 heteroatoms. The van der Waals surface area contributed by atoms with E-state index in [4.69, 9.17) is 77.7 Å². The summed E-state index contributed by atoms with van der Waals surface area (Å²) < 4.78 is 126. The third-order valence-corrected chi connectivity index (χ3v) is 20.3. The molecule has 0 radical (unpaired) electrons. The average Bonchev–Trinajstić information content (AvgIpc) is 0.864. The molecule has 12 aromatic carbocycles. The van der Waals surface area contributed by atoms with Crippen molar-refractivity contribution in [3.8, 4) is 28.7 Å². The Labute approximate surface area is 944 Å². The number of esters is 4. The standard InChI is InChI=1S/2C34H36N2O6.C16H17NO3.2C7H8O3S.C2H6O2.CH2I2.CH3I.CH4.3ClH.I3.HPS/c2*35-31(21-25-11-15-29(16-12-25)41-23-27-7-3-1-4-8-27)33(37)39-19-20-40-34(38)32(36)22-26-13-17-30(18-14-26)42-24-28-9-5-2-6-10-28;17-15(16(18)19)10-12-6-8-14(9-7-12)20-11-13-4-2-1-3-5-13;2*1-6-2-4-7(5-3-6)11(8,9)10;3-1-2-4;2-1-3;1-2;;;;;1-3-2;1-2/h2*1-18,31-32H,19-24,35-36H2;1-9,15H,10-11,17H2,(H,18,19);2*2-5H,1H3,(H,8,9,10);3-4H,1-2H2;1H2;1H3;1H4;3*1H;;1H/q;;;;;;;;;;;;-1;/p+1/i;;;;;;;;;;;;;1T/hD. The quantitative estimate of drug-likeness (QED) is 0.00337. The van der Waals surface area contributed by atoms with Crippen molar-refractivity contribution in [1.82, 2.24) is 0 Å². The monoisotopic (exact) mass is 2800 g/mol. The molecule has 0 aliphatic rings. The van der Waals surface area contributed by atoms with E-state index in [-0.39, 0.29) is 94.1 Å². The van der Waals surface area contributed by atoms with Crippen molar-refractivity contribution in [2.24, 2.45) is 17.2 Å². The van der Waals surface area contributed by atoms with E-state index in [1.54, 1.807) is 24.3 Å². The van der Waals surface area contributed by atoms with Crippen LogP contribution in [0.1, 0.15) is 74.2 Å². The Bertz CT molecular complexity index is 5240. The fraction of sp³-hybridized carbons (Fsp3) is 0.252. The SMILES string of the molecule is C.CI.Cc1ccc(S(=O)(=O)[O-])cc1.Cc1ccc(S(=O)(=O)[O-])cc1.Cl.Cl.Cl.ICI.I[I-]I.NC(Cc1ccc(OCc2ccccc2)cc1)C(=O)O.NC(Cc1ccc(OCc2ccccc2)cc1)C(=O)OCCOC(=O)C(N)Cc1ccc(OCc2ccccc2)cc1.OCCO.[2H][P+]([3H])=S.[NH3+]C(Cc1ccc(OCc2ccccc2)cc1)C(=O)OCCOC(=O)C([NH3+])Cc1ccc(OCc2ccccc2)cc1. The van der Waals surface area contributed by atoms with Crippen LogP contribution in [0.4, 0.5) is 0 Å². The van der Waals surface area contributed by atoms with Gasteiger partial charge in [-0.25, -0.2) is 26.4 Å². The first-order chi connectivity index (χ1) is 68.0. The van der Waals surface area contributed by atoms with Crippen LogP contribution in [0.3, 0.4) is 0 Å². The number of carbonyl (C=O) groups is 5. The van der Waals surface area contributed by atoms with E-state index >= 15 is 0 Å². The molecule has 144 heavy (non-hydrogen) atoms. The third-order valence-electron chi connectivity index (χ3n) is 18.6. The molecule has 0 aromatic heterocycles. The van der Waals surface area contributed by atoms with E-state index in [1.807, 2.05) is 292 Å². The van der Waals surface area contributed by atoms with E-state index < -0.39 is 88.2 Å². The largest absolute Gasteiger partial charge is 0.489 e. The summed E-state index contributed by atoms with van der Waals surface area (Å²) in [4.78, 5) is 61.6. The average molecular weight is 2800 g/mol. The van der Waals surface area contributed by atoms with Crippen molar-refractivity contribution < 1.29 is 133 Å². The fourth-order valence-corrected chi connectivity index (χ4v) is 12.4. The maximum Gasteiger partial charge on any atom is 0.365 e. The predicted molar refractivity (Wildman–Crippen MR) is 612 cm³/mol. The number of ether oxygens (including phenoxy) is 9. The van der Waals surface area contributed by atoms with Gasteiger partial charge in [0, 0.05) is 12.8 Å². The third kappa shape index (κ3) is 63.2. The topological polar surface area (TPSA) is 477 Å². The molecule has 0 bridgehead atoms. The molecule has 0 aliphatic carbocycles. The smallest absolute Gasteiger partial charge is 0.365 e. The van der Waals surface area contributed by atoms with Crippen LogP contribution in [0, 0.1) is 13.8 Å². The summed E-state index contributed by atoms with van der Waals surface area (Å²) in [7, 11) is -10.1. The zero-order valence-electron chi connectivity index (χ0n) is 80.3. The second-order valence-corrected chi connectivity index (χ2v) is 52.9. The minimum Gasteiger partial charge on any atom is -0.489 e. The molecule has 0 fully saturated rings. The van der Waals surface area contributed by atoms with E-state index in [1.165, 1.54) is 26.7 Å². The molecule has 12 rings (SSSR count). The molecule has 0 aliphatic heterocycles. The van der Waals surface area contributed by atoms with Crippen molar-refractivity contribution in [2.75, 3.05) is 47.0 Å². The van der Waals surface area contributed by atoms with Crippen LogP contribution >= 0.6 is 150 Å². The van der Waals surface area contributed by atoms with Crippen LogP contribution < -0.4 is 65.6 Å². The van der Waals surface area contributed by atoms with Gasteiger partial charge in [0.05, 0.1) is 25.4 Å². The number of hydrogen-bond donors (Lipinski definition) is 8. The number of carbonyl (C=O) groups excluding carboxylic acids is 4. The van der Waals surface area contributed by atoms with E-state index in [9.17, 15) is 49.9 Å². The summed E-state index contributed by atoms with van der Waals surface area (Å²) in [5.74, 6) is 0.668. The number of aliphatic hydroxyl groups is 2. The molecule has 0 amide bonds. The summed E-state index contributed by atoms with van der Waals surface area (Å²) in [6, 6.07) is 94.6. The first-order valence-corrected chi connectivity index (χ1v) is 64.8. The van der Waals surface area contributed by atoms with Crippen LogP contribution in [-0.4, -0.2) is 151 Å². The number of aliphatic hydroxyl groups excluding tert-OH is 2. The van der Waals surface area contributed by atoms with Gasteiger partial charge >= 0.3 is 82.9 Å². The Morgan fingerprint density at radius 2 is 0.562 bits per heavy atom. The zero-order valence-corrected chi connectivity index (χ0v) is 97.1. The first kappa shape index (κ1) is 134. The number of rotatable bonds is 39. The van der Waals surface area contributed by atoms with E-state index in [0.29, 0.717) is 78.4 Å². The Morgan fingerprint density at radius 1 is 0.382 bits per heavy atom. The van der Waals surface area contributed by atoms with Crippen LogP contribution in [0.25, 0.3) is 0 Å². The second-order valence-electron chi connectivity index (χ2n) is 29.5. The number of quaternary nitrogens is 2. The van der Waals surface area contributed by atoms with Gasteiger partial charge in [-0.05, 0) is 179 Å². The van der Waals surface area contributed by atoms with Crippen LogP contribution in [0.2, 0.25) is 0 Å². The minimum absolute atomic E-state index is 0. The molecule has 28 nitrogen and oxygen atoms in total. The van der Waals surface area contributed by atoms with Crippen molar-refractivity contribution >= 4 is 212 Å². The molecule has 0 spiro atoms. The molecule has 786 valence electrons. The van der Waals surface area contributed by atoms with Crippen molar-refractivity contribution in [2.45, 2.75) is 126 Å². The van der Waals surface area contributed by atoms with Gasteiger partial charge in [0.2, 0.25) is 0 Å². The molecule has 6 atom stereocenters. The van der Waals surface area contributed by atoms with Gasteiger partial charge < -0.3 is 95.7 Å². The number of carboxylic acid groups (broad SMARTS) is 1. The molecule has 12 aromatic rings. The van der Waals surface area contributed by atoms with Gasteiger partial charge in [-0.15, -0.1) is 37.2 Å². The second kappa shape index (κ2) is 83.2. The maximum atomic E-state index is 12.4. The molecule has 15 N–H and O–H groups in total. The molecular weight excluding hydrogens is 2670 g/mol. The van der Waals surface area contributed by atoms with Crippen LogP contribution in [-0.2, 0) is 140 Å². The Hall–Kier alpha value is -7.70. The fourth-order valence-electron chi connectivity index (χ4n) is 11.5. The van der Waals surface area contributed by atoms with E-state index in [2.05, 4.69) is 128 Å². The van der Waals surface area contributed by atoms with Crippen LogP contribution in [0.15, 0.2) is 331 Å². The van der Waals surface area contributed by atoms with Gasteiger partial charge in [-0.3, -0.25) is 14.4 Å². The van der Waals surface area contributed by atoms with Gasteiger partial charge in [-0.2, -0.15) is 0 Å². The van der Waals surface area contributed by atoms with Gasteiger partial charge in [-0.1, -0.05) is 323 Å². The maximum absolute atomic E-state index is 12.4. The molecule has 6 unspecified atom stereocenters. The van der Waals surface area contributed by atoms with Crippen molar-refractivity contribution in [3.63, 3.8) is 0 Å². The number of nitrogens with two attached hydrogens (primary N) is 3. The number of carboxylic acids is 1. The summed E-state index contributed by atoms with van der Waals surface area (Å²) in [5.41, 5.74) is 37.2. The Kier molecular flexibility index (Phi) is 77.6. The molecule has 0 heterocycles. The Morgan fingerprint density at radius 3 is 0.743 bits per heavy atom. The Balaban J connectivity index is 0. The van der Waals surface area contributed by atoms with Gasteiger partial charge in [0.25, 0.3) is 0 Å². The molecule has 0 saturated heterocycles. The summed E-state index contributed by atoms with van der Waals surface area (Å²) >= 11 is 16.0. The number of aryl methyl sites for hydroxylation is 2. The summed E-state index contributed by atoms with van der Waals surface area (Å²) in [6.07, 6.45) is 1.77. The van der Waals surface area contributed by atoms with Crippen molar-refractivity contribution in [3.05, 3.63) is 388 Å². The van der Waals surface area contributed by atoms with Gasteiger partial charge in [0.1, 0.15) is 134 Å². The first-order valence-electron chi connectivity index (χ1n) is 43.6. The number of halogens is 9. The van der Waals surface area contributed by atoms with Crippen LogP contribution in [0.5, 0.6) is 28.7 Å². The molecule has 0 saturated carbocycles. The number of alkyl halides is 3. The number of hydrogen-bond acceptors (Lipinski definition) is 26. The zero-order chi connectivity index (χ0) is 105. The van der Waals surface area contributed by atoms with Crippen molar-refractivity contribution in [1.29, 1.82) is 2.56 Å². The number of aliphatic carboxylic acids is 1. The molecular formula is C103H125Cl3I6N5O23PS3. The van der Waals surface area contributed by atoms with E-state index in [0.717, 1.165) is 95.5 Å².